The summed E-state index contributed by atoms with van der Waals surface area (Å²) in [5, 5.41) is 15.8. The maximum absolute atomic E-state index is 11.2. The van der Waals surface area contributed by atoms with Crippen molar-refractivity contribution in [2.75, 3.05) is 10.6 Å². The molecule has 1 aromatic heterocycles. The lowest BCUT2D eigenvalue weighted by molar-refractivity contribution is -0.384. The van der Waals surface area contributed by atoms with Crippen LogP contribution < -0.4 is 5.32 Å². The molecule has 98 valence electrons. The van der Waals surface area contributed by atoms with Gasteiger partial charge in [-0.3, -0.25) is 14.9 Å². The number of aromatic nitrogens is 1. The second kappa shape index (κ2) is 5.89. The standard InChI is InChI=1S/C11H8BrN3O3S/c12-5-10(16)14-11-13-8(6-19-11)7-3-1-2-4-9(7)15(17)18/h1-4,6H,5H2,(H,13,14,16). The third-order valence-corrected chi connectivity index (χ3v) is 3.52. The van der Waals surface area contributed by atoms with Crippen LogP contribution in [0.1, 0.15) is 0 Å². The van der Waals surface area contributed by atoms with Gasteiger partial charge in [0.2, 0.25) is 5.91 Å². The van der Waals surface area contributed by atoms with E-state index >= 15 is 0 Å². The summed E-state index contributed by atoms with van der Waals surface area (Å²) in [4.78, 5) is 25.9. The number of benzene rings is 1. The number of thiazole rings is 1. The number of carbonyl (C=O) groups is 1. The number of amides is 1. The van der Waals surface area contributed by atoms with Gasteiger partial charge >= 0.3 is 0 Å². The number of anilines is 1. The van der Waals surface area contributed by atoms with E-state index < -0.39 is 4.92 Å². The molecule has 0 bridgehead atoms. The molecule has 0 unspecified atom stereocenters. The average Bonchev–Trinajstić information content (AvgIpc) is 2.86. The fourth-order valence-corrected chi connectivity index (χ4v) is 2.32. The minimum atomic E-state index is -0.453. The van der Waals surface area contributed by atoms with Crippen LogP contribution in [0, 0.1) is 10.1 Å². The second-order valence-electron chi connectivity index (χ2n) is 3.49. The van der Waals surface area contributed by atoms with Gasteiger partial charge in [-0.15, -0.1) is 11.3 Å². The van der Waals surface area contributed by atoms with Crippen molar-refractivity contribution in [1.82, 2.24) is 4.98 Å². The predicted molar refractivity (Wildman–Crippen MR) is 76.6 cm³/mol. The molecule has 2 aromatic rings. The highest BCUT2D eigenvalue weighted by molar-refractivity contribution is 9.09. The van der Waals surface area contributed by atoms with Crippen molar-refractivity contribution < 1.29 is 9.72 Å². The number of carbonyl (C=O) groups excluding carboxylic acids is 1. The molecular weight excluding hydrogens is 334 g/mol. The lowest BCUT2D eigenvalue weighted by Crippen LogP contribution is -2.11. The van der Waals surface area contributed by atoms with E-state index in [0.29, 0.717) is 16.4 Å². The van der Waals surface area contributed by atoms with Crippen LogP contribution in [-0.4, -0.2) is 21.1 Å². The number of para-hydroxylation sites is 1. The van der Waals surface area contributed by atoms with Crippen LogP contribution in [0.4, 0.5) is 10.8 Å². The highest BCUT2D eigenvalue weighted by Gasteiger charge is 2.17. The number of nitrogens with one attached hydrogen (secondary N) is 1. The number of rotatable bonds is 4. The van der Waals surface area contributed by atoms with E-state index in [1.807, 2.05) is 0 Å². The van der Waals surface area contributed by atoms with Crippen molar-refractivity contribution in [1.29, 1.82) is 0 Å². The van der Waals surface area contributed by atoms with E-state index in [0.717, 1.165) is 0 Å². The lowest BCUT2D eigenvalue weighted by Gasteiger charge is -1.99. The lowest BCUT2D eigenvalue weighted by atomic mass is 10.1. The summed E-state index contributed by atoms with van der Waals surface area (Å²) in [6.45, 7) is 0. The fourth-order valence-electron chi connectivity index (χ4n) is 1.46. The topological polar surface area (TPSA) is 85.1 Å². The van der Waals surface area contributed by atoms with Gasteiger partial charge in [-0.2, -0.15) is 0 Å². The van der Waals surface area contributed by atoms with Crippen molar-refractivity contribution in [3.63, 3.8) is 0 Å². The molecule has 1 heterocycles. The molecule has 6 nitrogen and oxygen atoms in total. The molecule has 2 rings (SSSR count). The molecule has 0 saturated carbocycles. The molecular formula is C11H8BrN3O3S. The zero-order chi connectivity index (χ0) is 13.8. The van der Waals surface area contributed by atoms with Crippen molar-refractivity contribution in [3.05, 3.63) is 39.8 Å². The number of hydrogen-bond acceptors (Lipinski definition) is 5. The zero-order valence-corrected chi connectivity index (χ0v) is 11.9. The van der Waals surface area contributed by atoms with Crippen LogP contribution in [0.15, 0.2) is 29.6 Å². The first-order valence-corrected chi connectivity index (χ1v) is 7.17. The van der Waals surface area contributed by atoms with E-state index in [2.05, 4.69) is 26.2 Å². The van der Waals surface area contributed by atoms with E-state index in [1.165, 1.54) is 17.4 Å². The molecule has 0 fully saturated rings. The molecule has 0 atom stereocenters. The Morgan fingerprint density at radius 1 is 1.47 bits per heavy atom. The van der Waals surface area contributed by atoms with E-state index in [-0.39, 0.29) is 16.9 Å². The van der Waals surface area contributed by atoms with Crippen LogP contribution in [0.25, 0.3) is 11.3 Å². The van der Waals surface area contributed by atoms with Gasteiger partial charge < -0.3 is 5.32 Å². The van der Waals surface area contributed by atoms with E-state index in [9.17, 15) is 14.9 Å². The molecule has 0 spiro atoms. The van der Waals surface area contributed by atoms with Crippen LogP contribution in [-0.2, 0) is 4.79 Å². The minimum Gasteiger partial charge on any atom is -0.301 e. The van der Waals surface area contributed by atoms with Gasteiger partial charge in [-0.05, 0) is 6.07 Å². The van der Waals surface area contributed by atoms with Gasteiger partial charge in [-0.1, -0.05) is 28.1 Å². The maximum atomic E-state index is 11.2. The van der Waals surface area contributed by atoms with Crippen LogP contribution in [0.2, 0.25) is 0 Å². The SMILES string of the molecule is O=C(CBr)Nc1nc(-c2ccccc2[N+](=O)[O-])cs1. The highest BCUT2D eigenvalue weighted by Crippen LogP contribution is 2.31. The van der Waals surface area contributed by atoms with E-state index in [4.69, 9.17) is 0 Å². The van der Waals surface area contributed by atoms with Gasteiger partial charge in [0.05, 0.1) is 21.5 Å². The number of nitro benzene ring substituents is 1. The molecule has 8 heteroatoms. The molecule has 0 radical (unpaired) electrons. The number of alkyl halides is 1. The monoisotopic (exact) mass is 341 g/mol. The number of halogens is 1. The summed E-state index contributed by atoms with van der Waals surface area (Å²) in [6, 6.07) is 6.36. The summed E-state index contributed by atoms with van der Waals surface area (Å²) >= 11 is 4.25. The minimum absolute atomic E-state index is 0.00818. The third kappa shape index (κ3) is 3.15. The smallest absolute Gasteiger partial charge is 0.278 e. The van der Waals surface area contributed by atoms with Crippen molar-refractivity contribution in [2.45, 2.75) is 0 Å². The Labute approximate surface area is 120 Å². The van der Waals surface area contributed by atoms with Gasteiger partial charge in [0, 0.05) is 11.4 Å². The Balaban J connectivity index is 2.33. The van der Waals surface area contributed by atoms with Crippen LogP contribution in [0.5, 0.6) is 0 Å². The first-order chi connectivity index (χ1) is 9.11. The Morgan fingerprint density at radius 2 is 2.21 bits per heavy atom. The molecule has 0 aliphatic rings. The fraction of sp³-hybridized carbons (Fsp3) is 0.0909. The molecule has 0 aliphatic heterocycles. The molecule has 1 aromatic carbocycles. The normalized spacial score (nSPS) is 10.2. The summed E-state index contributed by atoms with van der Waals surface area (Å²) in [5.41, 5.74) is 0.899. The number of hydrogen-bond donors (Lipinski definition) is 1. The van der Waals surface area contributed by atoms with Crippen LogP contribution >= 0.6 is 27.3 Å². The summed E-state index contributed by atoms with van der Waals surface area (Å²) in [7, 11) is 0. The quantitative estimate of drug-likeness (QED) is 0.526. The number of nitrogens with zero attached hydrogens (tertiary/aromatic N) is 2. The van der Waals surface area contributed by atoms with Gasteiger partial charge in [0.25, 0.3) is 5.69 Å². The van der Waals surface area contributed by atoms with Gasteiger partial charge in [-0.25, -0.2) is 4.98 Å². The van der Waals surface area contributed by atoms with Crippen LogP contribution in [0.3, 0.4) is 0 Å². The zero-order valence-electron chi connectivity index (χ0n) is 9.50. The molecule has 1 amide bonds. The highest BCUT2D eigenvalue weighted by atomic mass is 79.9. The average molecular weight is 342 g/mol. The molecule has 0 saturated heterocycles. The molecule has 1 N–H and O–H groups in total. The van der Waals surface area contributed by atoms with Gasteiger partial charge in [0.15, 0.2) is 5.13 Å². The Bertz CT molecular complexity index is 629. The van der Waals surface area contributed by atoms with Crippen molar-refractivity contribution >= 4 is 44.0 Å². The Hall–Kier alpha value is -1.80. The predicted octanol–water partition coefficient (Wildman–Crippen LogP) is 3.05. The summed E-state index contributed by atoms with van der Waals surface area (Å²) in [5.74, 6) is -0.219. The Morgan fingerprint density at radius 3 is 2.89 bits per heavy atom. The van der Waals surface area contributed by atoms with Crippen molar-refractivity contribution in [3.8, 4) is 11.3 Å². The molecule has 19 heavy (non-hydrogen) atoms. The molecule has 0 aliphatic carbocycles. The Kier molecular flexibility index (Phi) is 4.23. The van der Waals surface area contributed by atoms with E-state index in [1.54, 1.807) is 23.6 Å². The third-order valence-electron chi connectivity index (χ3n) is 2.25. The van der Waals surface area contributed by atoms with Crippen molar-refractivity contribution in [2.24, 2.45) is 0 Å². The number of nitro groups is 1. The second-order valence-corrected chi connectivity index (χ2v) is 4.91. The first-order valence-electron chi connectivity index (χ1n) is 5.17. The maximum Gasteiger partial charge on any atom is 0.278 e. The summed E-state index contributed by atoms with van der Waals surface area (Å²) < 4.78 is 0. The summed E-state index contributed by atoms with van der Waals surface area (Å²) in [6.07, 6.45) is 0. The largest absolute Gasteiger partial charge is 0.301 e. The first kappa shape index (κ1) is 13.6. The van der Waals surface area contributed by atoms with Gasteiger partial charge in [0.1, 0.15) is 0 Å².